The molecule has 3 heterocycles. The van der Waals surface area contributed by atoms with Gasteiger partial charge in [0.2, 0.25) is 0 Å². The van der Waals surface area contributed by atoms with Crippen molar-refractivity contribution in [1.82, 2.24) is 19.9 Å². The van der Waals surface area contributed by atoms with Gasteiger partial charge in [-0.25, -0.2) is 14.4 Å². The topological polar surface area (TPSA) is 79.2 Å². The Bertz CT molecular complexity index is 1320. The molecule has 0 saturated carbocycles. The fourth-order valence-electron chi connectivity index (χ4n) is 4.28. The van der Waals surface area contributed by atoms with E-state index in [2.05, 4.69) is 25.9 Å². The lowest BCUT2D eigenvalue weighted by Crippen LogP contribution is -2.35. The molecule has 0 radical (unpaired) electrons. The molecule has 1 aliphatic rings. The number of aromatic nitrogens is 3. The number of carbonyl (C=O) groups is 1. The van der Waals surface area contributed by atoms with Crippen LogP contribution in [0.4, 0.5) is 4.39 Å². The highest BCUT2D eigenvalue weighted by Crippen LogP contribution is 2.24. The Morgan fingerprint density at radius 2 is 1.79 bits per heavy atom. The lowest BCUT2D eigenvalue weighted by molar-refractivity contribution is 0.0792. The van der Waals surface area contributed by atoms with Crippen LogP contribution in [0.3, 0.4) is 0 Å². The maximum Gasteiger partial charge on any atom is 0.170 e. The van der Waals surface area contributed by atoms with Crippen molar-refractivity contribution < 1.29 is 14.3 Å². The normalized spacial score (nSPS) is 15.0. The van der Waals surface area contributed by atoms with Gasteiger partial charge in [-0.3, -0.25) is 14.7 Å². The Balaban J connectivity index is 1.35. The Labute approximate surface area is 197 Å². The molecule has 4 aromatic rings. The van der Waals surface area contributed by atoms with E-state index in [0.29, 0.717) is 11.4 Å². The fourth-order valence-corrected chi connectivity index (χ4v) is 4.28. The molecule has 6 nitrogen and oxygen atoms in total. The largest absolute Gasteiger partial charge is 0.393 e. The predicted molar refractivity (Wildman–Crippen MR) is 128 cm³/mol. The molecule has 0 unspecified atom stereocenters. The number of pyridine rings is 1. The van der Waals surface area contributed by atoms with E-state index in [9.17, 15) is 14.3 Å². The Hall–Kier alpha value is -3.55. The molecule has 0 amide bonds. The van der Waals surface area contributed by atoms with Gasteiger partial charge in [-0.15, -0.1) is 0 Å². The molecule has 34 heavy (non-hydrogen) atoms. The quantitative estimate of drug-likeness (QED) is 0.438. The zero-order valence-electron chi connectivity index (χ0n) is 18.7. The Morgan fingerprint density at radius 1 is 1.00 bits per heavy atom. The number of aliphatic hydroxyl groups excluding tert-OH is 1. The lowest BCUT2D eigenvalue weighted by Gasteiger charge is -2.29. The number of likely N-dealkylation sites (tertiary alicyclic amines) is 1. The van der Waals surface area contributed by atoms with Crippen LogP contribution in [0.5, 0.6) is 0 Å². The number of benzene rings is 2. The monoisotopic (exact) mass is 456 g/mol. The van der Waals surface area contributed by atoms with E-state index in [1.807, 2.05) is 30.6 Å². The molecule has 2 aromatic carbocycles. The van der Waals surface area contributed by atoms with Gasteiger partial charge in [0.05, 0.1) is 18.0 Å². The van der Waals surface area contributed by atoms with Crippen LogP contribution < -0.4 is 0 Å². The van der Waals surface area contributed by atoms with Crippen molar-refractivity contribution in [1.29, 1.82) is 0 Å². The summed E-state index contributed by atoms with van der Waals surface area (Å²) in [7, 11) is 0. The maximum atomic E-state index is 13.1. The van der Waals surface area contributed by atoms with Crippen LogP contribution in [-0.2, 0) is 13.0 Å². The lowest BCUT2D eigenvalue weighted by atomic mass is 10.0. The Kier molecular flexibility index (Phi) is 6.38. The number of rotatable bonds is 6. The first-order valence-corrected chi connectivity index (χ1v) is 11.4. The third kappa shape index (κ3) is 5.16. The second-order valence-electron chi connectivity index (χ2n) is 8.76. The zero-order valence-corrected chi connectivity index (χ0v) is 18.7. The highest BCUT2D eigenvalue weighted by molar-refractivity contribution is 5.97. The summed E-state index contributed by atoms with van der Waals surface area (Å²) >= 11 is 0. The minimum Gasteiger partial charge on any atom is -0.393 e. The van der Waals surface area contributed by atoms with Gasteiger partial charge in [0.25, 0.3) is 0 Å². The van der Waals surface area contributed by atoms with Crippen LogP contribution in [0.25, 0.3) is 22.0 Å². The number of hydrogen-bond acceptors (Lipinski definition) is 6. The van der Waals surface area contributed by atoms with Gasteiger partial charge in [0, 0.05) is 54.7 Å². The third-order valence-electron chi connectivity index (χ3n) is 6.21. The number of aliphatic hydroxyl groups is 1. The van der Waals surface area contributed by atoms with Gasteiger partial charge in [0.1, 0.15) is 11.6 Å². The van der Waals surface area contributed by atoms with Crippen LogP contribution in [0.2, 0.25) is 0 Å². The standard InChI is InChI=1S/C27H25FN4O2/c28-23-5-3-19(4-6-23)26(34)13-27-30-16-21-2-1-20(12-25(21)31-27)22-11-18(14-29-15-22)17-32-9-7-24(33)8-10-32/h1-6,11-12,14-16,24,33H,7-10,13,17H2. The molecule has 1 saturated heterocycles. The van der Waals surface area contributed by atoms with Crippen molar-refractivity contribution in [3.05, 3.63) is 89.9 Å². The van der Waals surface area contributed by atoms with E-state index in [0.717, 1.165) is 60.1 Å². The summed E-state index contributed by atoms with van der Waals surface area (Å²) in [5, 5.41) is 10.6. The Morgan fingerprint density at radius 3 is 2.59 bits per heavy atom. The molecular weight excluding hydrogens is 431 g/mol. The molecule has 5 rings (SSSR count). The van der Waals surface area contributed by atoms with E-state index in [4.69, 9.17) is 0 Å². The van der Waals surface area contributed by atoms with E-state index < -0.39 is 0 Å². The van der Waals surface area contributed by atoms with E-state index in [1.54, 1.807) is 6.20 Å². The summed E-state index contributed by atoms with van der Waals surface area (Å²) in [6.45, 7) is 2.58. The summed E-state index contributed by atoms with van der Waals surface area (Å²) in [5.41, 5.74) is 4.31. The minimum absolute atomic E-state index is 0.0490. The molecule has 0 spiro atoms. The van der Waals surface area contributed by atoms with Gasteiger partial charge < -0.3 is 5.11 Å². The molecule has 1 N–H and O–H groups in total. The zero-order chi connectivity index (χ0) is 23.5. The summed E-state index contributed by atoms with van der Waals surface area (Å²) in [5.74, 6) is -0.102. The second kappa shape index (κ2) is 9.75. The molecule has 1 fully saturated rings. The van der Waals surface area contributed by atoms with Crippen molar-refractivity contribution in [3.8, 4) is 11.1 Å². The highest BCUT2D eigenvalue weighted by atomic mass is 19.1. The average molecular weight is 457 g/mol. The number of halogens is 1. The van der Waals surface area contributed by atoms with Crippen molar-refractivity contribution >= 4 is 16.7 Å². The van der Waals surface area contributed by atoms with Crippen LogP contribution in [0.1, 0.15) is 34.6 Å². The van der Waals surface area contributed by atoms with Gasteiger partial charge in [-0.1, -0.05) is 12.1 Å². The summed E-state index contributed by atoms with van der Waals surface area (Å²) in [4.78, 5) is 28.3. The van der Waals surface area contributed by atoms with Crippen LogP contribution in [-0.4, -0.2) is 49.9 Å². The number of hydrogen-bond donors (Lipinski definition) is 1. The smallest absolute Gasteiger partial charge is 0.170 e. The van der Waals surface area contributed by atoms with Gasteiger partial charge in [0.15, 0.2) is 5.78 Å². The molecule has 0 aliphatic carbocycles. The molecule has 2 aromatic heterocycles. The van der Waals surface area contributed by atoms with Gasteiger partial charge >= 0.3 is 0 Å². The number of Topliss-reactive ketones (excluding diaryl/α,β-unsaturated/α-hetero) is 1. The van der Waals surface area contributed by atoms with Crippen LogP contribution in [0, 0.1) is 5.82 Å². The molecule has 7 heteroatoms. The third-order valence-corrected chi connectivity index (χ3v) is 6.21. The minimum atomic E-state index is -0.376. The van der Waals surface area contributed by atoms with E-state index >= 15 is 0 Å². The molecule has 172 valence electrons. The molecule has 0 atom stereocenters. The number of nitrogens with zero attached hydrogens (tertiary/aromatic N) is 4. The molecule has 1 aliphatic heterocycles. The summed E-state index contributed by atoms with van der Waals surface area (Å²) in [6, 6.07) is 13.6. The molecular formula is C27H25FN4O2. The average Bonchev–Trinajstić information content (AvgIpc) is 2.85. The van der Waals surface area contributed by atoms with Crippen molar-refractivity contribution in [2.75, 3.05) is 13.1 Å². The van der Waals surface area contributed by atoms with Crippen molar-refractivity contribution in [2.24, 2.45) is 0 Å². The van der Waals surface area contributed by atoms with Gasteiger partial charge in [-0.05, 0) is 60.4 Å². The maximum absolute atomic E-state index is 13.1. The van der Waals surface area contributed by atoms with Crippen molar-refractivity contribution in [2.45, 2.75) is 31.9 Å². The first kappa shape index (κ1) is 22.3. The number of fused-ring (bicyclic) bond motifs is 1. The number of ketones is 1. The van der Waals surface area contributed by atoms with Crippen LogP contribution in [0.15, 0.2) is 67.1 Å². The van der Waals surface area contributed by atoms with Crippen LogP contribution >= 0.6 is 0 Å². The fraction of sp³-hybridized carbons (Fsp3) is 0.259. The number of piperidine rings is 1. The summed E-state index contributed by atoms with van der Waals surface area (Å²) in [6.07, 6.45) is 6.93. The SMILES string of the molecule is O=C(Cc1ncc2ccc(-c3cncc(CN4CCC(O)CC4)c3)cc2n1)c1ccc(F)cc1. The van der Waals surface area contributed by atoms with Gasteiger partial charge in [-0.2, -0.15) is 0 Å². The van der Waals surface area contributed by atoms with E-state index in [-0.39, 0.29) is 24.1 Å². The highest BCUT2D eigenvalue weighted by Gasteiger charge is 2.17. The van der Waals surface area contributed by atoms with Crippen molar-refractivity contribution in [3.63, 3.8) is 0 Å². The number of carbonyl (C=O) groups excluding carboxylic acids is 1. The first-order valence-electron chi connectivity index (χ1n) is 11.4. The summed E-state index contributed by atoms with van der Waals surface area (Å²) < 4.78 is 13.1. The predicted octanol–water partition coefficient (Wildman–Crippen LogP) is 4.21. The second-order valence-corrected chi connectivity index (χ2v) is 8.76. The first-order chi connectivity index (χ1) is 16.5. The molecule has 0 bridgehead atoms. The van der Waals surface area contributed by atoms with E-state index in [1.165, 1.54) is 24.3 Å².